The Kier molecular flexibility index (Phi) is 4.46. The predicted molar refractivity (Wildman–Crippen MR) is 77.4 cm³/mol. The number of benzene rings is 1. The number of sulfonamides is 1. The Morgan fingerprint density at radius 2 is 1.90 bits per heavy atom. The maximum absolute atomic E-state index is 12.4. The van der Waals surface area contributed by atoms with E-state index in [0.717, 1.165) is 19.3 Å². The number of hydrogen-bond donors (Lipinski definition) is 1. The minimum absolute atomic E-state index is 0.215. The summed E-state index contributed by atoms with van der Waals surface area (Å²) in [6.45, 7) is 2.14. The van der Waals surface area contributed by atoms with Crippen molar-refractivity contribution in [2.45, 2.75) is 49.5 Å². The molecule has 0 atom stereocenters. The van der Waals surface area contributed by atoms with Gasteiger partial charge in [-0.3, -0.25) is 0 Å². The molecule has 1 N–H and O–H groups in total. The van der Waals surface area contributed by atoms with Gasteiger partial charge in [0.25, 0.3) is 0 Å². The predicted octanol–water partition coefficient (Wildman–Crippen LogP) is 2.83. The summed E-state index contributed by atoms with van der Waals surface area (Å²) in [5.41, 5.74) is -0.944. The fourth-order valence-electron chi connectivity index (χ4n) is 2.73. The fourth-order valence-corrected chi connectivity index (χ4v) is 4.13. The third-order valence-corrected chi connectivity index (χ3v) is 5.69. The van der Waals surface area contributed by atoms with Gasteiger partial charge in [0.2, 0.25) is 10.0 Å². The van der Waals surface area contributed by atoms with Gasteiger partial charge in [-0.15, -0.1) is 0 Å². The van der Waals surface area contributed by atoms with E-state index >= 15 is 0 Å². The van der Waals surface area contributed by atoms with Crippen molar-refractivity contribution in [3.05, 3.63) is 30.3 Å². The van der Waals surface area contributed by atoms with Gasteiger partial charge in [0.05, 0.1) is 11.0 Å². The summed E-state index contributed by atoms with van der Waals surface area (Å²) in [7, 11) is -3.63. The van der Waals surface area contributed by atoms with Crippen molar-refractivity contribution < 1.29 is 8.42 Å². The Hall–Kier alpha value is -1.38. The zero-order valence-corrected chi connectivity index (χ0v) is 12.5. The largest absolute Gasteiger partial charge is 0.241 e. The molecular weight excluding hydrogens is 272 g/mol. The standard InChI is InChI=1S/C15H20N2O2S/c1-2-13-8-10-15(12-16,11-9-13)17-20(18,19)14-6-4-3-5-7-14/h3-7,13,17H,2,8-11H2,1H3. The van der Waals surface area contributed by atoms with E-state index in [1.165, 1.54) is 0 Å². The molecule has 0 heterocycles. The van der Waals surface area contributed by atoms with Crippen LogP contribution in [0.15, 0.2) is 35.2 Å². The molecule has 1 fully saturated rings. The van der Waals surface area contributed by atoms with Gasteiger partial charge in [-0.1, -0.05) is 31.5 Å². The van der Waals surface area contributed by atoms with E-state index in [-0.39, 0.29) is 4.90 Å². The molecule has 1 aliphatic rings. The molecule has 2 rings (SSSR count). The SMILES string of the molecule is CCC1CCC(C#N)(NS(=O)(=O)c2ccccc2)CC1. The lowest BCUT2D eigenvalue weighted by molar-refractivity contribution is 0.259. The Bertz CT molecular complexity index is 582. The second-order valence-electron chi connectivity index (χ2n) is 5.46. The first-order valence-electron chi connectivity index (χ1n) is 7.01. The first-order valence-corrected chi connectivity index (χ1v) is 8.50. The lowest BCUT2D eigenvalue weighted by Crippen LogP contribution is -2.49. The molecule has 4 nitrogen and oxygen atoms in total. The van der Waals surface area contributed by atoms with Crippen LogP contribution >= 0.6 is 0 Å². The summed E-state index contributed by atoms with van der Waals surface area (Å²) in [5.74, 6) is 0.609. The first kappa shape index (κ1) is 15.0. The first-order chi connectivity index (χ1) is 9.51. The van der Waals surface area contributed by atoms with Crippen LogP contribution in [-0.2, 0) is 10.0 Å². The average molecular weight is 292 g/mol. The molecule has 1 aromatic carbocycles. The quantitative estimate of drug-likeness (QED) is 0.927. The minimum Gasteiger partial charge on any atom is -0.207 e. The monoisotopic (exact) mass is 292 g/mol. The maximum Gasteiger partial charge on any atom is 0.241 e. The topological polar surface area (TPSA) is 70.0 Å². The fraction of sp³-hybridized carbons (Fsp3) is 0.533. The number of nitrogens with one attached hydrogen (secondary N) is 1. The third kappa shape index (κ3) is 3.20. The molecule has 20 heavy (non-hydrogen) atoms. The zero-order chi connectivity index (χ0) is 14.6. The van der Waals surface area contributed by atoms with Crippen LogP contribution in [0, 0.1) is 17.2 Å². The van der Waals surface area contributed by atoms with E-state index < -0.39 is 15.6 Å². The van der Waals surface area contributed by atoms with E-state index in [9.17, 15) is 13.7 Å². The van der Waals surface area contributed by atoms with Crippen LogP contribution in [0.5, 0.6) is 0 Å². The molecule has 0 aromatic heterocycles. The number of nitrogens with zero attached hydrogens (tertiary/aromatic N) is 1. The Labute approximate surface area is 120 Å². The van der Waals surface area contributed by atoms with E-state index in [0.29, 0.717) is 18.8 Å². The van der Waals surface area contributed by atoms with Crippen LogP contribution in [0.1, 0.15) is 39.0 Å². The van der Waals surface area contributed by atoms with Crippen LogP contribution in [0.25, 0.3) is 0 Å². The van der Waals surface area contributed by atoms with Gasteiger partial charge in [-0.05, 0) is 43.7 Å². The highest BCUT2D eigenvalue weighted by atomic mass is 32.2. The summed E-state index contributed by atoms with van der Waals surface area (Å²) in [4.78, 5) is 0.215. The molecule has 1 saturated carbocycles. The second-order valence-corrected chi connectivity index (χ2v) is 7.15. The van der Waals surface area contributed by atoms with Gasteiger partial charge >= 0.3 is 0 Å². The molecule has 0 spiro atoms. The number of nitriles is 1. The molecular formula is C15H20N2O2S. The molecule has 0 radical (unpaired) electrons. The summed E-state index contributed by atoms with van der Waals surface area (Å²) < 4.78 is 27.3. The maximum atomic E-state index is 12.4. The highest BCUT2D eigenvalue weighted by Gasteiger charge is 2.38. The molecule has 108 valence electrons. The Morgan fingerprint density at radius 3 is 2.40 bits per heavy atom. The molecule has 1 aliphatic carbocycles. The molecule has 1 aromatic rings. The van der Waals surface area contributed by atoms with Crippen molar-refractivity contribution in [3.8, 4) is 6.07 Å². The minimum atomic E-state index is -3.63. The van der Waals surface area contributed by atoms with Crippen LogP contribution in [-0.4, -0.2) is 14.0 Å². The lowest BCUT2D eigenvalue weighted by Gasteiger charge is -2.34. The van der Waals surface area contributed by atoms with Gasteiger partial charge in [-0.25, -0.2) is 8.42 Å². The van der Waals surface area contributed by atoms with Crippen LogP contribution in [0.3, 0.4) is 0 Å². The Morgan fingerprint density at radius 1 is 1.30 bits per heavy atom. The summed E-state index contributed by atoms with van der Waals surface area (Å²) in [5, 5.41) is 9.43. The smallest absolute Gasteiger partial charge is 0.207 e. The van der Waals surface area contributed by atoms with E-state index in [1.807, 2.05) is 0 Å². The van der Waals surface area contributed by atoms with E-state index in [4.69, 9.17) is 0 Å². The van der Waals surface area contributed by atoms with Crippen molar-refractivity contribution in [2.24, 2.45) is 5.92 Å². The van der Waals surface area contributed by atoms with Crippen LogP contribution in [0.2, 0.25) is 0 Å². The molecule has 5 heteroatoms. The Balaban J connectivity index is 2.17. The van der Waals surface area contributed by atoms with Crippen molar-refractivity contribution in [1.82, 2.24) is 4.72 Å². The average Bonchev–Trinajstić information content (AvgIpc) is 2.48. The van der Waals surface area contributed by atoms with Crippen molar-refractivity contribution in [3.63, 3.8) is 0 Å². The lowest BCUT2D eigenvalue weighted by atomic mass is 9.77. The van der Waals surface area contributed by atoms with Crippen molar-refractivity contribution in [2.75, 3.05) is 0 Å². The van der Waals surface area contributed by atoms with Crippen molar-refractivity contribution in [1.29, 1.82) is 5.26 Å². The van der Waals surface area contributed by atoms with E-state index in [2.05, 4.69) is 17.7 Å². The second kappa shape index (κ2) is 5.94. The highest BCUT2D eigenvalue weighted by Crippen LogP contribution is 2.34. The zero-order valence-electron chi connectivity index (χ0n) is 11.7. The van der Waals surface area contributed by atoms with Crippen molar-refractivity contribution >= 4 is 10.0 Å². The summed E-state index contributed by atoms with van der Waals surface area (Å²) >= 11 is 0. The summed E-state index contributed by atoms with van der Waals surface area (Å²) in [6, 6.07) is 10.4. The number of hydrogen-bond acceptors (Lipinski definition) is 3. The summed E-state index contributed by atoms with van der Waals surface area (Å²) in [6.07, 6.45) is 4.08. The van der Waals surface area contributed by atoms with Gasteiger partial charge < -0.3 is 0 Å². The normalized spacial score (nSPS) is 26.9. The van der Waals surface area contributed by atoms with Gasteiger partial charge in [-0.2, -0.15) is 9.98 Å². The number of rotatable bonds is 4. The van der Waals surface area contributed by atoms with Gasteiger partial charge in [0, 0.05) is 0 Å². The van der Waals surface area contributed by atoms with Gasteiger partial charge in [0.15, 0.2) is 0 Å². The van der Waals surface area contributed by atoms with E-state index in [1.54, 1.807) is 30.3 Å². The highest BCUT2D eigenvalue weighted by molar-refractivity contribution is 7.89. The molecule has 0 unspecified atom stereocenters. The molecule has 0 bridgehead atoms. The van der Waals surface area contributed by atoms with Crippen LogP contribution < -0.4 is 4.72 Å². The molecule has 0 amide bonds. The molecule has 0 saturated heterocycles. The van der Waals surface area contributed by atoms with Crippen LogP contribution in [0.4, 0.5) is 0 Å². The van der Waals surface area contributed by atoms with Gasteiger partial charge in [0.1, 0.15) is 5.54 Å². The molecule has 0 aliphatic heterocycles. The third-order valence-electron chi connectivity index (χ3n) is 4.13.